The van der Waals surface area contributed by atoms with Crippen molar-refractivity contribution in [3.05, 3.63) is 34.9 Å². The van der Waals surface area contributed by atoms with Gasteiger partial charge in [0, 0.05) is 11.4 Å². The maximum atomic E-state index is 11.0. The van der Waals surface area contributed by atoms with Crippen LogP contribution < -0.4 is 0 Å². The minimum atomic E-state index is 0.0199. The van der Waals surface area contributed by atoms with E-state index in [1.165, 1.54) is 5.56 Å². The normalized spacial score (nSPS) is 9.60. The number of nitriles is 1. The first-order valence-corrected chi connectivity index (χ1v) is 5.23. The monoisotopic (exact) mass is 221 g/mol. The summed E-state index contributed by atoms with van der Waals surface area (Å²) in [6.07, 6.45) is 2.16. The molecule has 3 heteroatoms. The number of benzene rings is 1. The van der Waals surface area contributed by atoms with Crippen molar-refractivity contribution in [2.75, 3.05) is 0 Å². The van der Waals surface area contributed by atoms with Gasteiger partial charge in [0.25, 0.3) is 0 Å². The van der Waals surface area contributed by atoms with Gasteiger partial charge in [0.1, 0.15) is 5.78 Å². The molecule has 0 saturated heterocycles. The van der Waals surface area contributed by atoms with Crippen LogP contribution in [0, 0.1) is 11.3 Å². The highest BCUT2D eigenvalue weighted by Crippen LogP contribution is 2.11. The maximum absolute atomic E-state index is 11.0. The fourth-order valence-electron chi connectivity index (χ4n) is 1.32. The Morgan fingerprint density at radius 1 is 1.33 bits per heavy atom. The summed E-state index contributed by atoms with van der Waals surface area (Å²) in [5.41, 5.74) is 1.17. The molecule has 78 valence electrons. The average molecular weight is 222 g/mol. The van der Waals surface area contributed by atoms with E-state index in [1.807, 2.05) is 30.3 Å². The highest BCUT2D eigenvalue weighted by atomic mass is 35.5. The van der Waals surface area contributed by atoms with E-state index in [4.69, 9.17) is 16.9 Å². The van der Waals surface area contributed by atoms with E-state index in [-0.39, 0.29) is 12.2 Å². The van der Waals surface area contributed by atoms with Gasteiger partial charge in [-0.3, -0.25) is 4.79 Å². The molecule has 0 atom stereocenters. The Bertz CT molecular complexity index is 364. The molecule has 0 heterocycles. The molecule has 2 nitrogen and oxygen atoms in total. The second-order valence-corrected chi connectivity index (χ2v) is 3.79. The van der Waals surface area contributed by atoms with E-state index in [0.717, 1.165) is 17.9 Å². The molecule has 0 aliphatic rings. The third-order valence-electron chi connectivity index (χ3n) is 2.11. The van der Waals surface area contributed by atoms with Crippen LogP contribution in [-0.2, 0) is 11.2 Å². The summed E-state index contributed by atoms with van der Waals surface area (Å²) < 4.78 is 0. The van der Waals surface area contributed by atoms with Crippen molar-refractivity contribution in [3.63, 3.8) is 0 Å². The number of halogens is 1. The van der Waals surface area contributed by atoms with Crippen LogP contribution in [0.1, 0.15) is 24.8 Å². The van der Waals surface area contributed by atoms with Crippen LogP contribution >= 0.6 is 11.6 Å². The van der Waals surface area contributed by atoms with Crippen molar-refractivity contribution >= 4 is 17.4 Å². The smallest absolute Gasteiger partial charge is 0.146 e. The topological polar surface area (TPSA) is 40.9 Å². The molecule has 1 aromatic rings. The highest BCUT2D eigenvalue weighted by Gasteiger charge is 2.00. The lowest BCUT2D eigenvalue weighted by Crippen LogP contribution is -1.97. The minimum Gasteiger partial charge on any atom is -0.299 e. The summed E-state index contributed by atoms with van der Waals surface area (Å²) in [6.45, 7) is 0. The van der Waals surface area contributed by atoms with Gasteiger partial charge in [0.15, 0.2) is 0 Å². The summed E-state index contributed by atoms with van der Waals surface area (Å²) >= 11 is 5.75. The molecule has 0 unspecified atom stereocenters. The molecule has 0 aromatic heterocycles. The maximum Gasteiger partial charge on any atom is 0.146 e. The Hall–Kier alpha value is -1.33. The van der Waals surface area contributed by atoms with Gasteiger partial charge in [-0.1, -0.05) is 23.7 Å². The van der Waals surface area contributed by atoms with Crippen molar-refractivity contribution in [1.29, 1.82) is 5.26 Å². The van der Waals surface area contributed by atoms with Gasteiger partial charge in [-0.15, -0.1) is 0 Å². The van der Waals surface area contributed by atoms with Gasteiger partial charge in [0.2, 0.25) is 0 Å². The molecule has 0 amide bonds. The highest BCUT2D eigenvalue weighted by molar-refractivity contribution is 6.30. The lowest BCUT2D eigenvalue weighted by atomic mass is 10.1. The first-order valence-electron chi connectivity index (χ1n) is 4.85. The molecule has 1 rings (SSSR count). The molecular formula is C12H12ClNO. The van der Waals surface area contributed by atoms with E-state index in [2.05, 4.69) is 0 Å². The second kappa shape index (κ2) is 6.21. The Balaban J connectivity index is 2.29. The molecule has 0 saturated carbocycles. The van der Waals surface area contributed by atoms with Crippen LogP contribution in [-0.4, -0.2) is 5.78 Å². The number of carbonyl (C=O) groups is 1. The standard InChI is InChI=1S/C12H12ClNO/c13-11-6-4-10(5-7-11)2-1-3-12(15)8-9-14/h4-7H,1-3,8H2. The number of nitrogens with zero attached hydrogens (tertiary/aromatic N) is 1. The third-order valence-corrected chi connectivity index (χ3v) is 2.36. The van der Waals surface area contributed by atoms with Crippen LogP contribution in [0.2, 0.25) is 5.02 Å². The van der Waals surface area contributed by atoms with E-state index in [9.17, 15) is 4.79 Å². The van der Waals surface area contributed by atoms with E-state index < -0.39 is 0 Å². The first-order chi connectivity index (χ1) is 7.22. The van der Waals surface area contributed by atoms with Crippen molar-refractivity contribution < 1.29 is 4.79 Å². The summed E-state index contributed by atoms with van der Waals surface area (Å²) in [4.78, 5) is 11.0. The predicted molar refractivity (Wildman–Crippen MR) is 59.6 cm³/mol. The molecule has 15 heavy (non-hydrogen) atoms. The molecule has 0 fully saturated rings. The molecule has 0 spiro atoms. The van der Waals surface area contributed by atoms with Gasteiger partial charge in [-0.2, -0.15) is 5.26 Å². The van der Waals surface area contributed by atoms with Crippen LogP contribution in [0.4, 0.5) is 0 Å². The molecule has 0 bridgehead atoms. The van der Waals surface area contributed by atoms with Gasteiger partial charge in [-0.25, -0.2) is 0 Å². The zero-order chi connectivity index (χ0) is 11.1. The zero-order valence-corrected chi connectivity index (χ0v) is 9.13. The molecular weight excluding hydrogens is 210 g/mol. The Morgan fingerprint density at radius 3 is 2.60 bits per heavy atom. The van der Waals surface area contributed by atoms with Crippen molar-refractivity contribution in [2.45, 2.75) is 25.7 Å². The Morgan fingerprint density at radius 2 is 2.00 bits per heavy atom. The molecule has 0 N–H and O–H groups in total. The average Bonchev–Trinajstić information content (AvgIpc) is 2.21. The van der Waals surface area contributed by atoms with Crippen LogP contribution in [0.25, 0.3) is 0 Å². The van der Waals surface area contributed by atoms with Crippen LogP contribution in [0.5, 0.6) is 0 Å². The summed E-state index contributed by atoms with van der Waals surface area (Å²) in [7, 11) is 0. The SMILES string of the molecule is N#CCC(=O)CCCc1ccc(Cl)cc1. The van der Waals surface area contributed by atoms with Crippen LogP contribution in [0.3, 0.4) is 0 Å². The number of ketones is 1. The Kier molecular flexibility index (Phi) is 4.86. The number of carbonyl (C=O) groups excluding carboxylic acids is 1. The van der Waals surface area contributed by atoms with E-state index in [0.29, 0.717) is 6.42 Å². The number of hydrogen-bond donors (Lipinski definition) is 0. The van der Waals surface area contributed by atoms with E-state index in [1.54, 1.807) is 0 Å². The van der Waals surface area contributed by atoms with Gasteiger partial charge in [0.05, 0.1) is 12.5 Å². The lowest BCUT2D eigenvalue weighted by Gasteiger charge is -2.00. The molecule has 1 aromatic carbocycles. The number of rotatable bonds is 5. The number of Topliss-reactive ketones (excluding diaryl/α,β-unsaturated/α-hetero) is 1. The van der Waals surface area contributed by atoms with Crippen LogP contribution in [0.15, 0.2) is 24.3 Å². The molecule has 0 aliphatic carbocycles. The predicted octanol–water partition coefficient (Wildman–Crippen LogP) is 3.15. The van der Waals surface area contributed by atoms with E-state index >= 15 is 0 Å². The first kappa shape index (κ1) is 11.7. The Labute approximate surface area is 94.5 Å². The second-order valence-electron chi connectivity index (χ2n) is 3.35. The number of hydrogen-bond acceptors (Lipinski definition) is 2. The fourth-order valence-corrected chi connectivity index (χ4v) is 1.44. The zero-order valence-electron chi connectivity index (χ0n) is 8.37. The quantitative estimate of drug-likeness (QED) is 0.767. The lowest BCUT2D eigenvalue weighted by molar-refractivity contribution is -0.118. The van der Waals surface area contributed by atoms with Gasteiger partial charge >= 0.3 is 0 Å². The summed E-state index contributed by atoms with van der Waals surface area (Å²) in [6, 6.07) is 9.45. The fraction of sp³-hybridized carbons (Fsp3) is 0.333. The number of aryl methyl sites for hydroxylation is 1. The third kappa shape index (κ3) is 4.62. The minimum absolute atomic E-state index is 0.0199. The molecule has 0 aliphatic heterocycles. The van der Waals surface area contributed by atoms with Crippen molar-refractivity contribution in [3.8, 4) is 6.07 Å². The molecule has 0 radical (unpaired) electrons. The van der Waals surface area contributed by atoms with Gasteiger partial charge < -0.3 is 0 Å². The summed E-state index contributed by atoms with van der Waals surface area (Å²) in [5.74, 6) is 0.0199. The van der Waals surface area contributed by atoms with Crippen molar-refractivity contribution in [2.24, 2.45) is 0 Å². The van der Waals surface area contributed by atoms with Crippen molar-refractivity contribution in [1.82, 2.24) is 0 Å². The summed E-state index contributed by atoms with van der Waals surface area (Å²) in [5, 5.41) is 9.02. The largest absolute Gasteiger partial charge is 0.299 e. The van der Waals surface area contributed by atoms with Gasteiger partial charge in [-0.05, 0) is 30.5 Å².